The molecule has 2 nitrogen and oxygen atoms in total. The molecular formula is C17H23BrFNO. The zero-order valence-electron chi connectivity index (χ0n) is 12.5. The van der Waals surface area contributed by atoms with Gasteiger partial charge in [-0.1, -0.05) is 22.9 Å². The Morgan fingerprint density at radius 2 is 2.24 bits per heavy atom. The maximum Gasteiger partial charge on any atom is 0.126 e. The van der Waals surface area contributed by atoms with E-state index in [0.717, 1.165) is 42.6 Å². The monoisotopic (exact) mass is 355 g/mol. The molecule has 1 aromatic rings. The molecule has 2 fully saturated rings. The molecule has 1 saturated heterocycles. The van der Waals surface area contributed by atoms with Crippen LogP contribution in [0.15, 0.2) is 22.7 Å². The lowest BCUT2D eigenvalue weighted by Gasteiger charge is -2.35. The summed E-state index contributed by atoms with van der Waals surface area (Å²) in [6, 6.07) is 5.24. The molecule has 0 bridgehead atoms. The summed E-state index contributed by atoms with van der Waals surface area (Å²) in [6.45, 7) is 4.79. The van der Waals surface area contributed by atoms with Crippen molar-refractivity contribution >= 4 is 15.9 Å². The number of ether oxygens (including phenoxy) is 1. The lowest BCUT2D eigenvalue weighted by atomic mass is 9.74. The summed E-state index contributed by atoms with van der Waals surface area (Å²) in [7, 11) is 0. The summed E-state index contributed by atoms with van der Waals surface area (Å²) in [5.41, 5.74) is 0.845. The number of benzene rings is 1. The van der Waals surface area contributed by atoms with Gasteiger partial charge < -0.3 is 10.1 Å². The van der Waals surface area contributed by atoms with Crippen molar-refractivity contribution in [2.24, 2.45) is 11.3 Å². The Labute approximate surface area is 134 Å². The molecule has 2 unspecified atom stereocenters. The highest BCUT2D eigenvalue weighted by Crippen LogP contribution is 2.49. The van der Waals surface area contributed by atoms with E-state index in [0.29, 0.717) is 5.92 Å². The lowest BCUT2D eigenvalue weighted by Crippen LogP contribution is -2.43. The molecular weight excluding hydrogens is 333 g/mol. The molecule has 1 N–H and O–H groups in total. The fraction of sp³-hybridized carbons (Fsp3) is 0.647. The van der Waals surface area contributed by atoms with E-state index >= 15 is 0 Å². The van der Waals surface area contributed by atoms with Crippen LogP contribution in [-0.4, -0.2) is 25.8 Å². The summed E-state index contributed by atoms with van der Waals surface area (Å²) in [4.78, 5) is 0. The Balaban J connectivity index is 1.86. The largest absolute Gasteiger partial charge is 0.377 e. The molecule has 1 aliphatic carbocycles. The van der Waals surface area contributed by atoms with Gasteiger partial charge in [0.2, 0.25) is 0 Å². The topological polar surface area (TPSA) is 21.3 Å². The van der Waals surface area contributed by atoms with E-state index in [1.807, 2.05) is 6.07 Å². The average molecular weight is 356 g/mol. The van der Waals surface area contributed by atoms with Gasteiger partial charge in [0.05, 0.1) is 6.10 Å². The first-order valence-electron chi connectivity index (χ1n) is 7.91. The maximum atomic E-state index is 14.2. The van der Waals surface area contributed by atoms with Crippen LogP contribution in [0.2, 0.25) is 0 Å². The summed E-state index contributed by atoms with van der Waals surface area (Å²) in [6.07, 6.45) is 4.59. The third kappa shape index (κ3) is 3.33. The van der Waals surface area contributed by atoms with Gasteiger partial charge in [0.1, 0.15) is 5.82 Å². The van der Waals surface area contributed by atoms with Crippen molar-refractivity contribution in [1.29, 1.82) is 0 Å². The van der Waals surface area contributed by atoms with Gasteiger partial charge >= 0.3 is 0 Å². The molecule has 116 valence electrons. The van der Waals surface area contributed by atoms with Crippen LogP contribution in [0, 0.1) is 17.2 Å². The Kier molecular flexibility index (Phi) is 4.67. The van der Waals surface area contributed by atoms with E-state index < -0.39 is 0 Å². The van der Waals surface area contributed by atoms with Crippen LogP contribution in [0.3, 0.4) is 0 Å². The zero-order valence-corrected chi connectivity index (χ0v) is 14.1. The van der Waals surface area contributed by atoms with Gasteiger partial charge in [-0.3, -0.25) is 0 Å². The third-order valence-corrected chi connectivity index (χ3v) is 5.32. The molecule has 1 saturated carbocycles. The number of halogens is 2. The Hall–Kier alpha value is -0.450. The minimum atomic E-state index is -0.101. The average Bonchev–Trinajstić information content (AvgIpc) is 3.23. The molecule has 0 radical (unpaired) electrons. The first-order valence-corrected chi connectivity index (χ1v) is 8.70. The van der Waals surface area contributed by atoms with Crippen molar-refractivity contribution in [3.8, 4) is 0 Å². The summed E-state index contributed by atoms with van der Waals surface area (Å²) < 4.78 is 21.2. The van der Waals surface area contributed by atoms with Gasteiger partial charge in [-0.05, 0) is 61.9 Å². The molecule has 1 aromatic carbocycles. The standard InChI is InChI=1S/C17H23BrFNO/c1-2-20-11-17(7-8-21-16(17)12-3-4-12)10-13-9-14(18)5-6-15(13)19/h5-6,9,12,16,20H,2-4,7-8,10-11H2,1H3. The van der Waals surface area contributed by atoms with E-state index in [2.05, 4.69) is 28.2 Å². The fourth-order valence-electron chi connectivity index (χ4n) is 3.62. The van der Waals surface area contributed by atoms with Crippen LogP contribution in [0.5, 0.6) is 0 Å². The second-order valence-corrected chi connectivity index (χ2v) is 7.35. The summed E-state index contributed by atoms with van der Waals surface area (Å²) in [5, 5.41) is 3.48. The number of hydrogen-bond acceptors (Lipinski definition) is 2. The Morgan fingerprint density at radius 1 is 1.43 bits per heavy atom. The molecule has 1 heterocycles. The zero-order chi connectivity index (χ0) is 14.9. The van der Waals surface area contributed by atoms with Crippen LogP contribution in [-0.2, 0) is 11.2 Å². The number of rotatable bonds is 6. The van der Waals surface area contributed by atoms with Gasteiger partial charge in [0, 0.05) is 23.0 Å². The second-order valence-electron chi connectivity index (χ2n) is 6.43. The lowest BCUT2D eigenvalue weighted by molar-refractivity contribution is 0.0305. The molecule has 2 aliphatic rings. The second kappa shape index (κ2) is 6.35. The minimum absolute atomic E-state index is 0.0405. The predicted molar refractivity (Wildman–Crippen MR) is 85.9 cm³/mol. The molecule has 21 heavy (non-hydrogen) atoms. The van der Waals surface area contributed by atoms with E-state index in [1.54, 1.807) is 12.1 Å². The van der Waals surface area contributed by atoms with Gasteiger partial charge in [-0.25, -0.2) is 4.39 Å². The van der Waals surface area contributed by atoms with Crippen LogP contribution in [0.1, 0.15) is 31.7 Å². The van der Waals surface area contributed by atoms with Crippen LogP contribution < -0.4 is 5.32 Å². The van der Waals surface area contributed by atoms with Gasteiger partial charge in [0.25, 0.3) is 0 Å². The maximum absolute atomic E-state index is 14.2. The molecule has 2 atom stereocenters. The highest BCUT2D eigenvalue weighted by Gasteiger charge is 2.50. The Morgan fingerprint density at radius 3 is 2.95 bits per heavy atom. The van der Waals surface area contributed by atoms with Crippen molar-refractivity contribution in [1.82, 2.24) is 5.32 Å². The van der Waals surface area contributed by atoms with E-state index in [1.165, 1.54) is 12.8 Å². The van der Waals surface area contributed by atoms with E-state index in [4.69, 9.17) is 4.74 Å². The molecule has 0 spiro atoms. The van der Waals surface area contributed by atoms with Crippen molar-refractivity contribution in [3.05, 3.63) is 34.1 Å². The van der Waals surface area contributed by atoms with Crippen molar-refractivity contribution < 1.29 is 9.13 Å². The third-order valence-electron chi connectivity index (χ3n) is 4.83. The molecule has 1 aliphatic heterocycles. The van der Waals surface area contributed by atoms with Crippen LogP contribution in [0.25, 0.3) is 0 Å². The summed E-state index contributed by atoms with van der Waals surface area (Å²) in [5.74, 6) is 0.580. The highest BCUT2D eigenvalue weighted by atomic mass is 79.9. The SMILES string of the molecule is CCNCC1(Cc2cc(Br)ccc2F)CCOC1C1CC1. The molecule has 0 aromatic heterocycles. The quantitative estimate of drug-likeness (QED) is 0.834. The van der Waals surface area contributed by atoms with E-state index in [9.17, 15) is 4.39 Å². The first kappa shape index (κ1) is 15.4. The number of nitrogens with one attached hydrogen (secondary N) is 1. The smallest absolute Gasteiger partial charge is 0.126 e. The fourth-order valence-corrected chi connectivity index (χ4v) is 4.02. The first-order chi connectivity index (χ1) is 10.1. The molecule has 4 heteroatoms. The predicted octanol–water partition coefficient (Wildman–Crippen LogP) is 3.93. The van der Waals surface area contributed by atoms with E-state index in [-0.39, 0.29) is 17.3 Å². The van der Waals surface area contributed by atoms with Crippen LogP contribution in [0.4, 0.5) is 4.39 Å². The van der Waals surface area contributed by atoms with Gasteiger partial charge in [0.15, 0.2) is 0 Å². The number of hydrogen-bond donors (Lipinski definition) is 1. The van der Waals surface area contributed by atoms with Crippen LogP contribution >= 0.6 is 15.9 Å². The van der Waals surface area contributed by atoms with Gasteiger partial charge in [-0.15, -0.1) is 0 Å². The normalized spacial score (nSPS) is 29.0. The Bertz CT molecular complexity index is 506. The summed E-state index contributed by atoms with van der Waals surface area (Å²) >= 11 is 3.46. The highest BCUT2D eigenvalue weighted by molar-refractivity contribution is 9.10. The molecule has 3 rings (SSSR count). The minimum Gasteiger partial charge on any atom is -0.377 e. The van der Waals surface area contributed by atoms with Crippen molar-refractivity contribution in [3.63, 3.8) is 0 Å². The molecule has 0 amide bonds. The van der Waals surface area contributed by atoms with Crippen molar-refractivity contribution in [2.45, 2.75) is 38.7 Å². The van der Waals surface area contributed by atoms with Crippen molar-refractivity contribution in [2.75, 3.05) is 19.7 Å². The van der Waals surface area contributed by atoms with Gasteiger partial charge in [-0.2, -0.15) is 0 Å².